The van der Waals surface area contributed by atoms with Crippen LogP contribution in [0.2, 0.25) is 0 Å². The first-order chi connectivity index (χ1) is 11.8. The molecule has 0 bridgehead atoms. The van der Waals surface area contributed by atoms with Crippen LogP contribution in [-0.2, 0) is 19.4 Å². The van der Waals surface area contributed by atoms with Crippen molar-refractivity contribution in [1.82, 2.24) is 19.6 Å². The lowest BCUT2D eigenvalue weighted by Crippen LogP contribution is -1.98. The number of rotatable bonds is 3. The van der Waals surface area contributed by atoms with E-state index in [9.17, 15) is 0 Å². The van der Waals surface area contributed by atoms with Gasteiger partial charge in [-0.25, -0.2) is 14.5 Å². The van der Waals surface area contributed by atoms with Crippen molar-refractivity contribution in [3.63, 3.8) is 0 Å². The van der Waals surface area contributed by atoms with Crippen LogP contribution in [-0.4, -0.2) is 19.6 Å². The second-order valence-corrected chi connectivity index (χ2v) is 7.26. The van der Waals surface area contributed by atoms with Crippen molar-refractivity contribution in [2.75, 3.05) is 0 Å². The van der Waals surface area contributed by atoms with Gasteiger partial charge in [-0.1, -0.05) is 17.7 Å². The van der Waals surface area contributed by atoms with Gasteiger partial charge in [0.25, 0.3) is 0 Å². The molecule has 0 unspecified atom stereocenters. The number of hydrogen-bond donors (Lipinski definition) is 0. The molecular formula is C18H16N4OS. The van der Waals surface area contributed by atoms with E-state index in [0.29, 0.717) is 12.4 Å². The standard InChI is InChI=1S/C18H16N4OS/c1-11-5-7-12(8-6-11)23-9-15-20-17-16-13-3-2-4-14(13)24-18(16)19-10-22(17)21-15/h5-8,10H,2-4,9H2,1H3. The minimum absolute atomic E-state index is 0.360. The summed E-state index contributed by atoms with van der Waals surface area (Å²) in [5, 5.41) is 5.71. The zero-order valence-electron chi connectivity index (χ0n) is 13.3. The van der Waals surface area contributed by atoms with Crippen molar-refractivity contribution in [3.05, 3.63) is 52.4 Å². The van der Waals surface area contributed by atoms with E-state index in [0.717, 1.165) is 22.6 Å². The van der Waals surface area contributed by atoms with Gasteiger partial charge in [-0.2, -0.15) is 0 Å². The van der Waals surface area contributed by atoms with Gasteiger partial charge in [0.2, 0.25) is 0 Å². The summed E-state index contributed by atoms with van der Waals surface area (Å²) in [5.41, 5.74) is 3.54. The zero-order chi connectivity index (χ0) is 16.1. The summed E-state index contributed by atoms with van der Waals surface area (Å²) in [6, 6.07) is 8.01. The highest BCUT2D eigenvalue weighted by Crippen LogP contribution is 2.37. The molecule has 0 fully saturated rings. The molecule has 120 valence electrons. The van der Waals surface area contributed by atoms with Crippen LogP contribution in [0.3, 0.4) is 0 Å². The highest BCUT2D eigenvalue weighted by molar-refractivity contribution is 7.19. The van der Waals surface area contributed by atoms with Crippen LogP contribution in [0.1, 0.15) is 28.2 Å². The van der Waals surface area contributed by atoms with Gasteiger partial charge < -0.3 is 4.74 Å². The van der Waals surface area contributed by atoms with Gasteiger partial charge in [-0.3, -0.25) is 0 Å². The van der Waals surface area contributed by atoms with Gasteiger partial charge in [0.15, 0.2) is 11.5 Å². The summed E-state index contributed by atoms with van der Waals surface area (Å²) in [4.78, 5) is 11.8. The molecule has 0 N–H and O–H groups in total. The van der Waals surface area contributed by atoms with Gasteiger partial charge in [-0.15, -0.1) is 16.4 Å². The van der Waals surface area contributed by atoms with Crippen molar-refractivity contribution < 1.29 is 4.74 Å². The molecule has 0 amide bonds. The smallest absolute Gasteiger partial charge is 0.189 e. The minimum atomic E-state index is 0.360. The Labute approximate surface area is 142 Å². The molecule has 5 nitrogen and oxygen atoms in total. The van der Waals surface area contributed by atoms with Crippen LogP contribution < -0.4 is 4.74 Å². The molecule has 0 saturated heterocycles. The Morgan fingerprint density at radius 1 is 1.21 bits per heavy atom. The van der Waals surface area contributed by atoms with Crippen LogP contribution in [0.15, 0.2) is 30.6 Å². The molecule has 1 aliphatic rings. The van der Waals surface area contributed by atoms with Gasteiger partial charge in [0.1, 0.15) is 23.5 Å². The number of thiophene rings is 1. The van der Waals surface area contributed by atoms with Gasteiger partial charge in [0.05, 0.1) is 5.39 Å². The molecule has 0 spiro atoms. The van der Waals surface area contributed by atoms with Gasteiger partial charge >= 0.3 is 0 Å². The number of aromatic nitrogens is 4. The molecule has 0 radical (unpaired) electrons. The van der Waals surface area contributed by atoms with Gasteiger partial charge in [0, 0.05) is 4.88 Å². The number of aryl methyl sites for hydroxylation is 3. The summed E-state index contributed by atoms with van der Waals surface area (Å²) in [6.07, 6.45) is 5.28. The number of ether oxygens (including phenoxy) is 1. The van der Waals surface area contributed by atoms with Crippen LogP contribution in [0.4, 0.5) is 0 Å². The molecule has 1 aliphatic carbocycles. The molecular weight excluding hydrogens is 320 g/mol. The molecule has 3 heterocycles. The highest BCUT2D eigenvalue weighted by atomic mass is 32.1. The maximum atomic E-state index is 5.81. The Morgan fingerprint density at radius 2 is 2.08 bits per heavy atom. The number of nitrogens with zero attached hydrogens (tertiary/aromatic N) is 4. The zero-order valence-corrected chi connectivity index (χ0v) is 14.1. The predicted octanol–water partition coefficient (Wildman–Crippen LogP) is 3.72. The lowest BCUT2D eigenvalue weighted by molar-refractivity contribution is 0.296. The number of fused-ring (bicyclic) bond motifs is 5. The Balaban J connectivity index is 1.51. The molecule has 6 heteroatoms. The molecule has 0 saturated carbocycles. The van der Waals surface area contributed by atoms with E-state index in [1.807, 2.05) is 24.3 Å². The summed E-state index contributed by atoms with van der Waals surface area (Å²) in [7, 11) is 0. The van der Waals surface area contributed by atoms with Crippen LogP contribution in [0.25, 0.3) is 15.9 Å². The fraction of sp³-hybridized carbons (Fsp3) is 0.278. The second-order valence-electron chi connectivity index (χ2n) is 6.18. The average Bonchev–Trinajstić information content (AvgIpc) is 3.26. The van der Waals surface area contributed by atoms with Crippen LogP contribution in [0.5, 0.6) is 5.75 Å². The van der Waals surface area contributed by atoms with Crippen LogP contribution in [0, 0.1) is 6.92 Å². The molecule has 3 aromatic heterocycles. The van der Waals surface area contributed by atoms with Crippen molar-refractivity contribution in [1.29, 1.82) is 0 Å². The van der Waals surface area contributed by atoms with Gasteiger partial charge in [-0.05, 0) is 43.9 Å². The lowest BCUT2D eigenvalue weighted by Gasteiger charge is -2.03. The first kappa shape index (κ1) is 13.9. The van der Waals surface area contributed by atoms with Crippen molar-refractivity contribution in [3.8, 4) is 5.75 Å². The maximum Gasteiger partial charge on any atom is 0.189 e. The highest BCUT2D eigenvalue weighted by Gasteiger charge is 2.21. The molecule has 24 heavy (non-hydrogen) atoms. The largest absolute Gasteiger partial charge is 0.486 e. The Morgan fingerprint density at radius 3 is 2.96 bits per heavy atom. The van der Waals surface area contributed by atoms with Crippen molar-refractivity contribution in [2.45, 2.75) is 32.8 Å². The van der Waals surface area contributed by atoms with Crippen LogP contribution >= 0.6 is 11.3 Å². The molecule has 4 aromatic rings. The van der Waals surface area contributed by atoms with E-state index in [2.05, 4.69) is 17.0 Å². The minimum Gasteiger partial charge on any atom is -0.486 e. The SMILES string of the molecule is Cc1ccc(OCc2nc3c4c5c(sc4ncn3n2)CCC5)cc1. The van der Waals surface area contributed by atoms with E-state index >= 15 is 0 Å². The molecule has 0 atom stereocenters. The summed E-state index contributed by atoms with van der Waals surface area (Å²) < 4.78 is 7.59. The Hall–Kier alpha value is -2.47. The molecule has 5 rings (SSSR count). The average molecular weight is 336 g/mol. The van der Waals surface area contributed by atoms with Crippen molar-refractivity contribution in [2.24, 2.45) is 0 Å². The second kappa shape index (κ2) is 5.27. The fourth-order valence-electron chi connectivity index (χ4n) is 3.28. The lowest BCUT2D eigenvalue weighted by atomic mass is 10.2. The van der Waals surface area contributed by atoms with E-state index in [1.54, 1.807) is 22.2 Å². The van der Waals surface area contributed by atoms with Crippen molar-refractivity contribution >= 4 is 27.2 Å². The third kappa shape index (κ3) is 2.17. The third-order valence-corrected chi connectivity index (χ3v) is 5.67. The predicted molar refractivity (Wildman–Crippen MR) is 93.7 cm³/mol. The maximum absolute atomic E-state index is 5.81. The summed E-state index contributed by atoms with van der Waals surface area (Å²) in [5.74, 6) is 1.52. The van der Waals surface area contributed by atoms with E-state index in [4.69, 9.17) is 9.72 Å². The van der Waals surface area contributed by atoms with E-state index in [-0.39, 0.29) is 0 Å². The Bertz CT molecular complexity index is 1050. The summed E-state index contributed by atoms with van der Waals surface area (Å²) in [6.45, 7) is 2.42. The first-order valence-electron chi connectivity index (χ1n) is 8.12. The first-order valence-corrected chi connectivity index (χ1v) is 8.93. The normalized spacial score (nSPS) is 13.7. The monoisotopic (exact) mass is 336 g/mol. The van der Waals surface area contributed by atoms with E-state index in [1.165, 1.54) is 34.2 Å². The Kier molecular flexibility index (Phi) is 3.06. The molecule has 0 aliphatic heterocycles. The topological polar surface area (TPSA) is 52.3 Å². The quantitative estimate of drug-likeness (QED) is 0.572. The van der Waals surface area contributed by atoms with E-state index < -0.39 is 0 Å². The number of hydrogen-bond acceptors (Lipinski definition) is 5. The summed E-state index contributed by atoms with van der Waals surface area (Å²) >= 11 is 1.80. The number of benzene rings is 1. The molecule has 1 aromatic carbocycles. The fourth-order valence-corrected chi connectivity index (χ4v) is 4.50. The third-order valence-electron chi connectivity index (χ3n) is 4.47.